The Kier molecular flexibility index (Phi) is 5.99. The molecule has 4 aromatic rings. The second kappa shape index (κ2) is 8.89. The summed E-state index contributed by atoms with van der Waals surface area (Å²) in [6.45, 7) is 3.26. The molecule has 33 heavy (non-hydrogen) atoms. The van der Waals surface area contributed by atoms with E-state index >= 15 is 0 Å². The van der Waals surface area contributed by atoms with Gasteiger partial charge in [0.05, 0.1) is 35.3 Å². The molecule has 0 saturated carbocycles. The minimum atomic E-state index is -2.94. The Morgan fingerprint density at radius 2 is 1.79 bits per heavy atom. The zero-order chi connectivity index (χ0) is 23.7. The van der Waals surface area contributed by atoms with Gasteiger partial charge in [-0.2, -0.15) is 9.97 Å². The molecular weight excluding hydrogens is 435 g/mol. The molecule has 3 aromatic heterocycles. The van der Waals surface area contributed by atoms with Crippen molar-refractivity contribution in [3.8, 4) is 11.7 Å². The molecule has 0 aliphatic heterocycles. The highest BCUT2D eigenvalue weighted by molar-refractivity contribution is 5.91. The van der Waals surface area contributed by atoms with Crippen molar-refractivity contribution in [1.29, 1.82) is 0 Å². The minimum absolute atomic E-state index is 0.00293. The van der Waals surface area contributed by atoms with E-state index in [1.165, 1.54) is 23.8 Å². The number of pyridine rings is 2. The molecular formula is C23H20F3N5O2. The summed E-state index contributed by atoms with van der Waals surface area (Å²) in [5, 5.41) is 3.54. The molecule has 10 heteroatoms. The van der Waals surface area contributed by atoms with Crippen molar-refractivity contribution in [2.45, 2.75) is 26.3 Å². The van der Waals surface area contributed by atoms with Crippen molar-refractivity contribution >= 4 is 16.7 Å². The van der Waals surface area contributed by atoms with Crippen molar-refractivity contribution in [1.82, 2.24) is 19.5 Å². The number of halogens is 3. The highest BCUT2D eigenvalue weighted by Crippen LogP contribution is 2.31. The minimum Gasteiger partial charge on any atom is -0.467 e. The van der Waals surface area contributed by atoms with E-state index in [9.17, 15) is 18.0 Å². The van der Waals surface area contributed by atoms with Crippen LogP contribution in [0.4, 0.5) is 19.0 Å². The predicted molar refractivity (Wildman–Crippen MR) is 118 cm³/mol. The molecule has 0 aliphatic carbocycles. The topological polar surface area (TPSA) is 81.9 Å². The molecule has 0 amide bonds. The number of nitrogens with zero attached hydrogens (tertiary/aromatic N) is 4. The number of aromatic nitrogens is 4. The summed E-state index contributed by atoms with van der Waals surface area (Å²) < 4.78 is 47.6. The first-order valence-electron chi connectivity index (χ1n) is 10.0. The highest BCUT2D eigenvalue weighted by atomic mass is 19.3. The van der Waals surface area contributed by atoms with E-state index < -0.39 is 23.8 Å². The largest absolute Gasteiger partial charge is 0.467 e. The van der Waals surface area contributed by atoms with Gasteiger partial charge in [-0.15, -0.1) is 0 Å². The van der Waals surface area contributed by atoms with Gasteiger partial charge < -0.3 is 10.1 Å². The average Bonchev–Trinajstić information content (AvgIpc) is 2.81. The number of alkyl halides is 2. The summed E-state index contributed by atoms with van der Waals surface area (Å²) in [5.41, 5.74) is 0.390. The lowest BCUT2D eigenvalue weighted by molar-refractivity contribution is 0.146. The molecule has 0 radical (unpaired) electrons. The Hall–Kier alpha value is -3.95. The van der Waals surface area contributed by atoms with Crippen LogP contribution in [0.5, 0.6) is 6.01 Å². The van der Waals surface area contributed by atoms with E-state index in [0.29, 0.717) is 22.2 Å². The Bertz CT molecular complexity index is 1380. The summed E-state index contributed by atoms with van der Waals surface area (Å²) in [5.74, 6) is -0.722. The van der Waals surface area contributed by atoms with Crippen molar-refractivity contribution in [3.05, 3.63) is 81.8 Å². The van der Waals surface area contributed by atoms with Crippen LogP contribution in [0.3, 0.4) is 0 Å². The van der Waals surface area contributed by atoms with Crippen molar-refractivity contribution in [2.75, 3.05) is 12.4 Å². The van der Waals surface area contributed by atoms with Crippen LogP contribution in [0.25, 0.3) is 16.6 Å². The number of anilines is 1. The van der Waals surface area contributed by atoms with Gasteiger partial charge in [0.1, 0.15) is 11.6 Å². The molecule has 7 nitrogen and oxygen atoms in total. The van der Waals surface area contributed by atoms with E-state index in [1.54, 1.807) is 44.6 Å². The molecule has 4 rings (SSSR count). The van der Waals surface area contributed by atoms with Crippen molar-refractivity contribution in [2.24, 2.45) is 0 Å². The quantitative estimate of drug-likeness (QED) is 0.452. The Morgan fingerprint density at radius 1 is 1.09 bits per heavy atom. The van der Waals surface area contributed by atoms with Gasteiger partial charge in [0.15, 0.2) is 0 Å². The normalized spacial score (nSPS) is 12.2. The second-order valence-electron chi connectivity index (χ2n) is 7.37. The van der Waals surface area contributed by atoms with Gasteiger partial charge in [-0.25, -0.2) is 13.2 Å². The van der Waals surface area contributed by atoms with Gasteiger partial charge >= 0.3 is 6.01 Å². The molecule has 0 unspecified atom stereocenters. The zero-order valence-corrected chi connectivity index (χ0v) is 18.0. The molecule has 0 saturated heterocycles. The fourth-order valence-corrected chi connectivity index (χ4v) is 3.58. The molecule has 3 heterocycles. The summed E-state index contributed by atoms with van der Waals surface area (Å²) in [4.78, 5) is 25.6. The fraction of sp³-hybridized carbons (Fsp3) is 0.217. The standard InChI is InChI=1S/C23H20F3N5O2/c1-12-19-17(11-31(22(12)32)14-7-9-27-10-8-14)21(30-23(29-19)33-3)28-13(2)15-5-4-6-16(18(15)24)20(25)26/h4-11,13,20H,1-3H3,(H,28,29,30)/t13-/m1/s1. The fourth-order valence-electron chi connectivity index (χ4n) is 3.58. The monoisotopic (exact) mass is 455 g/mol. The van der Waals surface area contributed by atoms with Crippen molar-refractivity contribution in [3.63, 3.8) is 0 Å². The third kappa shape index (κ3) is 4.11. The maximum atomic E-state index is 14.7. The Balaban J connectivity index is 1.87. The molecule has 0 spiro atoms. The summed E-state index contributed by atoms with van der Waals surface area (Å²) in [6.07, 6.45) is 1.76. The number of nitrogens with one attached hydrogen (secondary N) is 1. The number of fused-ring (bicyclic) bond motifs is 1. The summed E-state index contributed by atoms with van der Waals surface area (Å²) in [6, 6.07) is 6.49. The number of methoxy groups -OCH3 is 1. The molecule has 1 aromatic carbocycles. The van der Waals surface area contributed by atoms with Gasteiger partial charge in [0, 0.05) is 29.7 Å². The SMILES string of the molecule is COc1nc(N[C@H](C)c2cccc(C(F)F)c2F)c2cn(-c3ccncc3)c(=O)c(C)c2n1. The van der Waals surface area contributed by atoms with E-state index in [-0.39, 0.29) is 23.0 Å². The molecule has 170 valence electrons. The highest BCUT2D eigenvalue weighted by Gasteiger charge is 2.21. The number of aryl methyl sites for hydroxylation is 1. The van der Waals surface area contributed by atoms with Gasteiger partial charge in [-0.05, 0) is 26.0 Å². The van der Waals surface area contributed by atoms with Crippen LogP contribution in [0.15, 0.2) is 53.7 Å². The van der Waals surface area contributed by atoms with Gasteiger partial charge in [0.25, 0.3) is 12.0 Å². The van der Waals surface area contributed by atoms with E-state index in [4.69, 9.17) is 4.74 Å². The first-order valence-corrected chi connectivity index (χ1v) is 10.0. The number of rotatable bonds is 6. The van der Waals surface area contributed by atoms with Crippen LogP contribution in [0.1, 0.15) is 36.1 Å². The number of hydrogen-bond donors (Lipinski definition) is 1. The molecule has 0 aliphatic rings. The zero-order valence-electron chi connectivity index (χ0n) is 18.0. The number of hydrogen-bond acceptors (Lipinski definition) is 6. The first-order chi connectivity index (χ1) is 15.8. The van der Waals surface area contributed by atoms with Crippen LogP contribution < -0.4 is 15.6 Å². The third-order valence-electron chi connectivity index (χ3n) is 5.31. The van der Waals surface area contributed by atoms with Crippen LogP contribution in [-0.4, -0.2) is 26.6 Å². The molecule has 0 bridgehead atoms. The molecule has 1 N–H and O–H groups in total. The molecule has 1 atom stereocenters. The maximum Gasteiger partial charge on any atom is 0.318 e. The lowest BCUT2D eigenvalue weighted by Gasteiger charge is -2.19. The van der Waals surface area contributed by atoms with Crippen LogP contribution >= 0.6 is 0 Å². The van der Waals surface area contributed by atoms with Crippen molar-refractivity contribution < 1.29 is 17.9 Å². The van der Waals surface area contributed by atoms with Gasteiger partial charge in [0.2, 0.25) is 0 Å². The summed E-state index contributed by atoms with van der Waals surface area (Å²) >= 11 is 0. The van der Waals surface area contributed by atoms with E-state index in [1.807, 2.05) is 0 Å². The van der Waals surface area contributed by atoms with Crippen LogP contribution in [-0.2, 0) is 0 Å². The first kappa shape index (κ1) is 22.3. The smallest absolute Gasteiger partial charge is 0.318 e. The molecule has 0 fully saturated rings. The summed E-state index contributed by atoms with van der Waals surface area (Å²) in [7, 11) is 1.38. The Morgan fingerprint density at radius 3 is 2.45 bits per heavy atom. The third-order valence-corrected chi connectivity index (χ3v) is 5.31. The lowest BCUT2D eigenvalue weighted by atomic mass is 10.0. The van der Waals surface area contributed by atoms with Gasteiger partial charge in [-0.3, -0.25) is 14.3 Å². The van der Waals surface area contributed by atoms with Crippen LogP contribution in [0.2, 0.25) is 0 Å². The number of benzene rings is 1. The van der Waals surface area contributed by atoms with E-state index in [2.05, 4.69) is 20.3 Å². The predicted octanol–water partition coefficient (Wildman–Crippen LogP) is 4.74. The second-order valence-corrected chi connectivity index (χ2v) is 7.37. The average molecular weight is 455 g/mol. The van der Waals surface area contributed by atoms with Gasteiger partial charge in [-0.1, -0.05) is 18.2 Å². The van der Waals surface area contributed by atoms with E-state index in [0.717, 1.165) is 6.07 Å². The lowest BCUT2D eigenvalue weighted by Crippen LogP contribution is -2.22. The Labute approximate surface area is 186 Å². The van der Waals surface area contributed by atoms with Crippen LogP contribution in [0, 0.1) is 12.7 Å². The maximum absolute atomic E-state index is 14.7. The number of ether oxygens (including phenoxy) is 1.